The number of hydrogen-bond donors (Lipinski definition) is 0. The van der Waals surface area contributed by atoms with Crippen LogP contribution in [0.2, 0.25) is 0 Å². The number of carbonyl (C=O) groups excluding carboxylic acids is 1. The predicted octanol–water partition coefficient (Wildman–Crippen LogP) is 5.58. The van der Waals surface area contributed by atoms with Gasteiger partial charge in [-0.2, -0.15) is 0 Å². The molecule has 2 aromatic rings. The molecular weight excluding hydrogens is 324 g/mol. The second-order valence-electron chi connectivity index (χ2n) is 6.42. The summed E-state index contributed by atoms with van der Waals surface area (Å²) in [6, 6.07) is 17.5. The van der Waals surface area contributed by atoms with E-state index in [2.05, 4.69) is 6.58 Å². The minimum Gasteiger partial charge on any atom is -0.498 e. The van der Waals surface area contributed by atoms with Crippen LogP contribution in [-0.2, 0) is 14.9 Å². The first-order valence-electron chi connectivity index (χ1n) is 9.00. The van der Waals surface area contributed by atoms with E-state index in [1.54, 1.807) is 6.08 Å². The number of ketones is 1. The van der Waals surface area contributed by atoms with Crippen LogP contribution in [0, 0.1) is 0 Å². The monoisotopic (exact) mass is 348 g/mol. The van der Waals surface area contributed by atoms with E-state index in [4.69, 9.17) is 9.47 Å². The lowest BCUT2D eigenvalue weighted by atomic mass is 9.68. The van der Waals surface area contributed by atoms with Crippen LogP contribution in [0.5, 0.6) is 11.5 Å². The lowest BCUT2D eigenvalue weighted by Gasteiger charge is -2.34. The van der Waals surface area contributed by atoms with Crippen LogP contribution < -0.4 is 4.74 Å². The van der Waals surface area contributed by atoms with Crippen LogP contribution in [-0.4, -0.2) is 12.4 Å². The van der Waals surface area contributed by atoms with Crippen molar-refractivity contribution in [2.45, 2.75) is 31.6 Å². The molecule has 1 aliphatic rings. The summed E-state index contributed by atoms with van der Waals surface area (Å²) in [4.78, 5) is 12.9. The number of rotatable bonds is 7. The summed E-state index contributed by atoms with van der Waals surface area (Å²) >= 11 is 0. The fraction of sp³-hybridized carbons (Fsp3) is 0.261. The molecule has 26 heavy (non-hydrogen) atoms. The van der Waals surface area contributed by atoms with Gasteiger partial charge in [-0.05, 0) is 49.6 Å². The molecule has 3 rings (SSSR count). The Bertz CT molecular complexity index is 790. The molecular formula is C23H24O3. The zero-order valence-electron chi connectivity index (χ0n) is 15.1. The highest BCUT2D eigenvalue weighted by atomic mass is 16.5. The standard InChI is InChI=1S/C23H24O3/c1-3-15-23(16-14-21(25-4-2)17-22(23)24)18-10-12-20(13-11-18)26-19-8-6-5-7-9-19/h3,5-13,17H,1,4,14-16H2,2H3/t23-/m0/s1. The summed E-state index contributed by atoms with van der Waals surface area (Å²) in [5.74, 6) is 2.41. The molecule has 0 saturated heterocycles. The molecule has 1 aliphatic carbocycles. The molecule has 134 valence electrons. The molecule has 0 N–H and O–H groups in total. The van der Waals surface area contributed by atoms with Crippen molar-refractivity contribution in [3.8, 4) is 11.5 Å². The number of allylic oxidation sites excluding steroid dienone is 3. The highest BCUT2D eigenvalue weighted by Gasteiger charge is 2.40. The topological polar surface area (TPSA) is 35.5 Å². The van der Waals surface area contributed by atoms with Gasteiger partial charge in [-0.3, -0.25) is 4.79 Å². The lowest BCUT2D eigenvalue weighted by Crippen LogP contribution is -2.37. The summed E-state index contributed by atoms with van der Waals surface area (Å²) in [6.07, 6.45) is 5.58. The predicted molar refractivity (Wildman–Crippen MR) is 103 cm³/mol. The Kier molecular flexibility index (Phi) is 5.57. The van der Waals surface area contributed by atoms with Gasteiger partial charge in [-0.15, -0.1) is 6.58 Å². The largest absolute Gasteiger partial charge is 0.498 e. The van der Waals surface area contributed by atoms with E-state index in [-0.39, 0.29) is 5.78 Å². The van der Waals surface area contributed by atoms with Gasteiger partial charge in [-0.25, -0.2) is 0 Å². The van der Waals surface area contributed by atoms with Crippen molar-refractivity contribution >= 4 is 5.78 Å². The third kappa shape index (κ3) is 3.72. The van der Waals surface area contributed by atoms with Crippen LogP contribution in [0.4, 0.5) is 0 Å². The normalized spacial score (nSPS) is 19.6. The molecule has 3 nitrogen and oxygen atoms in total. The third-order valence-corrected chi connectivity index (χ3v) is 4.77. The number of benzene rings is 2. The molecule has 0 bridgehead atoms. The van der Waals surface area contributed by atoms with Crippen molar-refractivity contribution in [2.75, 3.05) is 6.61 Å². The Morgan fingerprint density at radius 2 is 1.77 bits per heavy atom. The summed E-state index contributed by atoms with van der Waals surface area (Å²) in [5, 5.41) is 0. The lowest BCUT2D eigenvalue weighted by molar-refractivity contribution is -0.121. The molecule has 0 spiro atoms. The Labute approximate surface area is 155 Å². The maximum atomic E-state index is 12.9. The van der Waals surface area contributed by atoms with E-state index >= 15 is 0 Å². The summed E-state index contributed by atoms with van der Waals surface area (Å²) in [6.45, 7) is 6.38. The van der Waals surface area contributed by atoms with Crippen LogP contribution in [0.3, 0.4) is 0 Å². The Hall–Kier alpha value is -2.81. The Morgan fingerprint density at radius 3 is 2.38 bits per heavy atom. The third-order valence-electron chi connectivity index (χ3n) is 4.77. The highest BCUT2D eigenvalue weighted by molar-refractivity contribution is 6.00. The molecule has 1 atom stereocenters. The van der Waals surface area contributed by atoms with Crippen molar-refractivity contribution in [2.24, 2.45) is 0 Å². The molecule has 0 aromatic heterocycles. The number of carbonyl (C=O) groups is 1. The molecule has 3 heteroatoms. The van der Waals surface area contributed by atoms with Crippen LogP contribution in [0.15, 0.2) is 79.1 Å². The van der Waals surface area contributed by atoms with E-state index in [1.165, 1.54) is 0 Å². The van der Waals surface area contributed by atoms with E-state index in [0.717, 1.165) is 35.7 Å². The Morgan fingerprint density at radius 1 is 1.08 bits per heavy atom. The fourth-order valence-electron chi connectivity index (χ4n) is 3.44. The molecule has 2 aromatic carbocycles. The summed E-state index contributed by atoms with van der Waals surface area (Å²) in [5.41, 5.74) is 0.433. The molecule has 0 amide bonds. The zero-order valence-corrected chi connectivity index (χ0v) is 15.1. The van der Waals surface area contributed by atoms with Crippen LogP contribution >= 0.6 is 0 Å². The van der Waals surface area contributed by atoms with E-state index < -0.39 is 5.41 Å². The molecule has 0 radical (unpaired) electrons. The zero-order chi connectivity index (χ0) is 18.4. The second-order valence-corrected chi connectivity index (χ2v) is 6.42. The van der Waals surface area contributed by atoms with Crippen molar-refractivity contribution in [1.29, 1.82) is 0 Å². The fourth-order valence-corrected chi connectivity index (χ4v) is 3.44. The molecule has 0 heterocycles. The smallest absolute Gasteiger partial charge is 0.169 e. The SMILES string of the molecule is C=CC[C@@]1(c2ccc(Oc3ccccc3)cc2)CCC(OCC)=CC1=O. The van der Waals surface area contributed by atoms with E-state index in [1.807, 2.05) is 67.6 Å². The van der Waals surface area contributed by atoms with Gasteiger partial charge in [0.15, 0.2) is 5.78 Å². The average molecular weight is 348 g/mol. The summed E-state index contributed by atoms with van der Waals surface area (Å²) in [7, 11) is 0. The van der Waals surface area contributed by atoms with Gasteiger partial charge in [0.1, 0.15) is 11.5 Å². The van der Waals surface area contributed by atoms with Gasteiger partial charge in [-0.1, -0.05) is 36.4 Å². The number of ether oxygens (including phenoxy) is 2. The van der Waals surface area contributed by atoms with Gasteiger partial charge in [0.25, 0.3) is 0 Å². The van der Waals surface area contributed by atoms with Crippen LogP contribution in [0.25, 0.3) is 0 Å². The van der Waals surface area contributed by atoms with Gasteiger partial charge >= 0.3 is 0 Å². The number of para-hydroxylation sites is 1. The summed E-state index contributed by atoms with van der Waals surface area (Å²) < 4.78 is 11.4. The quantitative estimate of drug-likeness (QED) is 0.613. The Balaban J connectivity index is 1.85. The van der Waals surface area contributed by atoms with Crippen LogP contribution in [0.1, 0.15) is 31.7 Å². The molecule has 0 unspecified atom stereocenters. The van der Waals surface area contributed by atoms with Gasteiger partial charge in [0.2, 0.25) is 0 Å². The number of hydrogen-bond acceptors (Lipinski definition) is 3. The van der Waals surface area contributed by atoms with Gasteiger partial charge in [0, 0.05) is 12.5 Å². The maximum Gasteiger partial charge on any atom is 0.169 e. The first-order chi connectivity index (χ1) is 12.7. The van der Waals surface area contributed by atoms with Crippen molar-refractivity contribution in [3.05, 3.63) is 84.7 Å². The minimum atomic E-state index is -0.562. The first-order valence-corrected chi connectivity index (χ1v) is 9.00. The minimum absolute atomic E-state index is 0.0869. The maximum absolute atomic E-state index is 12.9. The molecule has 0 fully saturated rings. The van der Waals surface area contributed by atoms with Gasteiger partial charge < -0.3 is 9.47 Å². The van der Waals surface area contributed by atoms with Crippen molar-refractivity contribution < 1.29 is 14.3 Å². The first kappa shape index (κ1) is 18.0. The average Bonchev–Trinajstić information content (AvgIpc) is 2.66. The highest BCUT2D eigenvalue weighted by Crippen LogP contribution is 2.40. The van der Waals surface area contributed by atoms with Gasteiger partial charge in [0.05, 0.1) is 17.8 Å². The molecule has 0 saturated carbocycles. The van der Waals surface area contributed by atoms with E-state index in [0.29, 0.717) is 13.0 Å². The van der Waals surface area contributed by atoms with Crippen molar-refractivity contribution in [3.63, 3.8) is 0 Å². The molecule has 0 aliphatic heterocycles. The second kappa shape index (κ2) is 8.05. The van der Waals surface area contributed by atoms with Crippen molar-refractivity contribution in [1.82, 2.24) is 0 Å². The van der Waals surface area contributed by atoms with E-state index in [9.17, 15) is 4.79 Å².